The minimum atomic E-state index is 0.474. The summed E-state index contributed by atoms with van der Waals surface area (Å²) in [6.45, 7) is 3.73. The Morgan fingerprint density at radius 3 is 2.79 bits per heavy atom. The summed E-state index contributed by atoms with van der Waals surface area (Å²) in [4.78, 5) is 9.16. The first-order chi connectivity index (χ1) is 9.15. The summed E-state index contributed by atoms with van der Waals surface area (Å²) in [5.41, 5.74) is 7.15. The Labute approximate surface area is 114 Å². The molecule has 2 aliphatic rings. The van der Waals surface area contributed by atoms with Gasteiger partial charge in [-0.05, 0) is 26.6 Å². The van der Waals surface area contributed by atoms with Crippen molar-refractivity contribution in [1.82, 2.24) is 9.88 Å². The minimum Gasteiger partial charge on any atom is -0.384 e. The van der Waals surface area contributed by atoms with E-state index in [0.717, 1.165) is 38.5 Å². The van der Waals surface area contributed by atoms with Crippen molar-refractivity contribution in [3.8, 4) is 0 Å². The largest absolute Gasteiger partial charge is 0.384 e. The lowest BCUT2D eigenvalue weighted by atomic mass is 9.97. The number of likely N-dealkylation sites (N-methyl/N-ethyl adjacent to an activating group) is 1. The van der Waals surface area contributed by atoms with Gasteiger partial charge in [0.2, 0.25) is 0 Å². The summed E-state index contributed by atoms with van der Waals surface area (Å²) in [5, 5.41) is 0. The molecule has 1 aromatic rings. The average Bonchev–Trinajstić information content (AvgIpc) is 2.80. The number of nitrogen functional groups attached to an aromatic ring is 1. The van der Waals surface area contributed by atoms with Crippen LogP contribution in [0.1, 0.15) is 17.9 Å². The highest BCUT2D eigenvalue weighted by Gasteiger charge is 2.32. The van der Waals surface area contributed by atoms with E-state index in [1.807, 2.05) is 6.07 Å². The van der Waals surface area contributed by atoms with Gasteiger partial charge >= 0.3 is 0 Å². The second kappa shape index (κ2) is 4.98. The van der Waals surface area contributed by atoms with Crippen LogP contribution in [0.2, 0.25) is 0 Å². The fourth-order valence-corrected chi connectivity index (χ4v) is 2.78. The molecule has 19 heavy (non-hydrogen) atoms. The van der Waals surface area contributed by atoms with Crippen LogP contribution in [0.5, 0.6) is 0 Å². The van der Waals surface area contributed by atoms with Crippen LogP contribution in [0.15, 0.2) is 12.1 Å². The third-order valence-electron chi connectivity index (χ3n) is 4.19. The van der Waals surface area contributed by atoms with E-state index in [9.17, 15) is 0 Å². The fourth-order valence-electron chi connectivity index (χ4n) is 2.78. The first kappa shape index (κ1) is 12.7. The van der Waals surface area contributed by atoms with E-state index < -0.39 is 0 Å². The maximum absolute atomic E-state index is 5.86. The molecule has 3 heterocycles. The van der Waals surface area contributed by atoms with E-state index in [4.69, 9.17) is 10.5 Å². The number of nitrogens with two attached hydrogens (primary N) is 1. The van der Waals surface area contributed by atoms with Gasteiger partial charge in [-0.1, -0.05) is 6.07 Å². The molecule has 2 fully saturated rings. The first-order valence-corrected chi connectivity index (χ1v) is 6.90. The van der Waals surface area contributed by atoms with Crippen molar-refractivity contribution in [1.29, 1.82) is 0 Å². The summed E-state index contributed by atoms with van der Waals surface area (Å²) in [6.07, 6.45) is 1.09. The Bertz CT molecular complexity index is 451. The summed E-state index contributed by atoms with van der Waals surface area (Å²) in [5.74, 6) is 2.14. The molecule has 5 heteroatoms. The molecule has 2 aliphatic heterocycles. The van der Waals surface area contributed by atoms with Crippen molar-refractivity contribution < 1.29 is 4.74 Å². The van der Waals surface area contributed by atoms with Gasteiger partial charge in [-0.25, -0.2) is 4.98 Å². The van der Waals surface area contributed by atoms with Crippen LogP contribution in [0.25, 0.3) is 0 Å². The lowest BCUT2D eigenvalue weighted by Gasteiger charge is -2.44. The molecule has 0 bridgehead atoms. The Morgan fingerprint density at radius 1 is 1.37 bits per heavy atom. The van der Waals surface area contributed by atoms with Gasteiger partial charge < -0.3 is 20.3 Å². The number of aromatic nitrogens is 1. The number of anilines is 2. The van der Waals surface area contributed by atoms with Crippen LogP contribution in [-0.4, -0.2) is 56.3 Å². The van der Waals surface area contributed by atoms with Gasteiger partial charge in [-0.3, -0.25) is 0 Å². The molecule has 104 valence electrons. The number of ether oxygens (including phenoxy) is 1. The number of hydrogen-bond acceptors (Lipinski definition) is 5. The molecule has 3 rings (SSSR count). The van der Waals surface area contributed by atoms with Gasteiger partial charge in [0.05, 0.1) is 6.61 Å². The zero-order valence-corrected chi connectivity index (χ0v) is 11.7. The molecule has 2 N–H and O–H groups in total. The highest BCUT2D eigenvalue weighted by molar-refractivity contribution is 5.55. The second-order valence-corrected chi connectivity index (χ2v) is 5.73. The first-order valence-electron chi connectivity index (χ1n) is 6.90. The molecule has 5 nitrogen and oxygen atoms in total. The molecule has 0 aliphatic carbocycles. The van der Waals surface area contributed by atoms with Crippen LogP contribution >= 0.6 is 0 Å². The highest BCUT2D eigenvalue weighted by atomic mass is 16.5. The van der Waals surface area contributed by atoms with Crippen molar-refractivity contribution >= 4 is 11.6 Å². The molecule has 0 radical (unpaired) electrons. The zero-order valence-electron chi connectivity index (χ0n) is 11.7. The maximum atomic E-state index is 5.86. The summed E-state index contributed by atoms with van der Waals surface area (Å²) in [6, 6.07) is 4.65. The van der Waals surface area contributed by atoms with E-state index >= 15 is 0 Å². The van der Waals surface area contributed by atoms with Crippen molar-refractivity contribution in [2.45, 2.75) is 18.4 Å². The third-order valence-corrected chi connectivity index (χ3v) is 4.19. The van der Waals surface area contributed by atoms with Crippen molar-refractivity contribution in [3.05, 3.63) is 17.7 Å². The molecule has 1 atom stereocenters. The van der Waals surface area contributed by atoms with Gasteiger partial charge in [0.15, 0.2) is 0 Å². The SMILES string of the molecule is CN(C)C1CN(c2nc(N)ccc2C2CCOC2)C1. The van der Waals surface area contributed by atoms with Gasteiger partial charge in [0.25, 0.3) is 0 Å². The molecule has 2 saturated heterocycles. The van der Waals surface area contributed by atoms with E-state index in [2.05, 4.69) is 34.9 Å². The molecule has 0 amide bonds. The highest BCUT2D eigenvalue weighted by Crippen LogP contribution is 2.34. The topological polar surface area (TPSA) is 54.6 Å². The smallest absolute Gasteiger partial charge is 0.134 e. The standard InChI is InChI=1S/C14H22N4O/c1-17(2)11-7-18(8-11)14-12(3-4-13(15)16-14)10-5-6-19-9-10/h3-4,10-11H,5-9H2,1-2H3,(H2,15,16). The van der Waals surface area contributed by atoms with E-state index in [1.165, 1.54) is 5.56 Å². The van der Waals surface area contributed by atoms with Crippen LogP contribution in [-0.2, 0) is 4.74 Å². The van der Waals surface area contributed by atoms with Crippen LogP contribution in [0, 0.1) is 0 Å². The molecule has 0 saturated carbocycles. The molecular formula is C14H22N4O. The summed E-state index contributed by atoms with van der Waals surface area (Å²) < 4.78 is 5.50. The lowest BCUT2D eigenvalue weighted by Crippen LogP contribution is -2.58. The predicted octanol–water partition coefficient (Wildman–Crippen LogP) is 0.918. The van der Waals surface area contributed by atoms with Gasteiger partial charge in [-0.15, -0.1) is 0 Å². The van der Waals surface area contributed by atoms with Crippen LogP contribution < -0.4 is 10.6 Å². The molecule has 0 spiro atoms. The van der Waals surface area contributed by atoms with Gasteiger partial charge in [-0.2, -0.15) is 0 Å². The second-order valence-electron chi connectivity index (χ2n) is 5.73. The maximum Gasteiger partial charge on any atom is 0.134 e. The predicted molar refractivity (Wildman–Crippen MR) is 76.5 cm³/mol. The monoisotopic (exact) mass is 262 g/mol. The quantitative estimate of drug-likeness (QED) is 0.878. The molecular weight excluding hydrogens is 240 g/mol. The van der Waals surface area contributed by atoms with Crippen molar-refractivity contribution in [2.24, 2.45) is 0 Å². The Morgan fingerprint density at radius 2 is 2.16 bits per heavy atom. The van der Waals surface area contributed by atoms with Crippen LogP contribution in [0.4, 0.5) is 11.6 Å². The van der Waals surface area contributed by atoms with Gasteiger partial charge in [0.1, 0.15) is 11.6 Å². The number of hydrogen-bond donors (Lipinski definition) is 1. The number of nitrogens with zero attached hydrogens (tertiary/aromatic N) is 3. The third kappa shape index (κ3) is 2.40. The molecule has 1 unspecified atom stereocenters. The summed E-state index contributed by atoms with van der Waals surface area (Å²) in [7, 11) is 4.25. The van der Waals surface area contributed by atoms with E-state index in [1.54, 1.807) is 0 Å². The minimum absolute atomic E-state index is 0.474. The Hall–Kier alpha value is -1.33. The van der Waals surface area contributed by atoms with Crippen molar-refractivity contribution in [2.75, 3.05) is 51.0 Å². The number of pyridine rings is 1. The van der Waals surface area contributed by atoms with Crippen molar-refractivity contribution in [3.63, 3.8) is 0 Å². The Balaban J connectivity index is 1.81. The lowest BCUT2D eigenvalue weighted by molar-refractivity contribution is 0.193. The zero-order chi connectivity index (χ0) is 13.4. The molecule has 1 aromatic heterocycles. The average molecular weight is 262 g/mol. The molecule has 0 aromatic carbocycles. The normalized spacial score (nSPS) is 23.9. The van der Waals surface area contributed by atoms with Gasteiger partial charge in [0, 0.05) is 37.2 Å². The fraction of sp³-hybridized carbons (Fsp3) is 0.643. The number of rotatable bonds is 3. The van der Waals surface area contributed by atoms with E-state index in [-0.39, 0.29) is 0 Å². The summed E-state index contributed by atoms with van der Waals surface area (Å²) >= 11 is 0. The Kier molecular flexibility index (Phi) is 3.33. The van der Waals surface area contributed by atoms with Crippen LogP contribution in [0.3, 0.4) is 0 Å². The van der Waals surface area contributed by atoms with E-state index in [0.29, 0.717) is 17.8 Å².